The zero-order valence-electron chi connectivity index (χ0n) is 18.2. The molecule has 1 atom stereocenters. The molecule has 168 valence electrons. The minimum absolute atomic E-state index is 0.00338. The van der Waals surface area contributed by atoms with E-state index in [9.17, 15) is 9.59 Å². The quantitative estimate of drug-likeness (QED) is 0.289. The summed E-state index contributed by atoms with van der Waals surface area (Å²) in [6.45, 7) is 3.70. The third-order valence-electron chi connectivity index (χ3n) is 5.38. The van der Waals surface area contributed by atoms with Crippen molar-refractivity contribution in [1.82, 2.24) is 9.55 Å². The van der Waals surface area contributed by atoms with Crippen molar-refractivity contribution in [3.63, 3.8) is 0 Å². The summed E-state index contributed by atoms with van der Waals surface area (Å²) < 4.78 is 18.0. The summed E-state index contributed by atoms with van der Waals surface area (Å²) in [5.41, 5.74) is 1.73. The second-order valence-corrected chi connectivity index (χ2v) is 8.44. The monoisotopic (exact) mass is 454 g/mol. The molecule has 1 saturated heterocycles. The van der Waals surface area contributed by atoms with Crippen molar-refractivity contribution in [2.45, 2.75) is 43.3 Å². The van der Waals surface area contributed by atoms with Crippen LogP contribution in [-0.4, -0.2) is 41.9 Å². The number of carbonyl (C=O) groups is 1. The van der Waals surface area contributed by atoms with E-state index in [0.717, 1.165) is 24.2 Å². The van der Waals surface area contributed by atoms with Gasteiger partial charge in [0.15, 0.2) is 5.16 Å². The molecule has 1 unspecified atom stereocenters. The SMILES string of the molecule is CCOc1ccccc1CSc1nc2cc(C(=O)OC)ccc2c(=O)n1CC1CCCO1. The number of nitrogens with zero attached hydrogens (tertiary/aromatic N) is 2. The van der Waals surface area contributed by atoms with Crippen LogP contribution in [0.25, 0.3) is 10.9 Å². The summed E-state index contributed by atoms with van der Waals surface area (Å²) in [5, 5.41) is 1.06. The number of rotatable bonds is 8. The van der Waals surface area contributed by atoms with E-state index in [4.69, 9.17) is 19.2 Å². The van der Waals surface area contributed by atoms with Crippen molar-refractivity contribution in [3.8, 4) is 5.75 Å². The number of ether oxygens (including phenoxy) is 3. The van der Waals surface area contributed by atoms with Crippen LogP contribution in [0, 0.1) is 0 Å². The highest BCUT2D eigenvalue weighted by atomic mass is 32.2. The molecular formula is C24H26N2O5S. The Morgan fingerprint density at radius 3 is 2.88 bits per heavy atom. The lowest BCUT2D eigenvalue weighted by atomic mass is 10.1. The molecule has 32 heavy (non-hydrogen) atoms. The summed E-state index contributed by atoms with van der Waals surface area (Å²) >= 11 is 1.47. The summed E-state index contributed by atoms with van der Waals surface area (Å²) in [4.78, 5) is 30.1. The fourth-order valence-electron chi connectivity index (χ4n) is 3.77. The minimum atomic E-state index is -0.461. The van der Waals surface area contributed by atoms with E-state index in [0.29, 0.717) is 47.1 Å². The highest BCUT2D eigenvalue weighted by molar-refractivity contribution is 7.98. The van der Waals surface area contributed by atoms with Crippen LogP contribution in [0.2, 0.25) is 0 Å². The number of aromatic nitrogens is 2. The van der Waals surface area contributed by atoms with Crippen LogP contribution in [-0.2, 0) is 21.8 Å². The number of benzene rings is 2. The highest BCUT2D eigenvalue weighted by Gasteiger charge is 2.21. The molecule has 0 bridgehead atoms. The van der Waals surface area contributed by atoms with Gasteiger partial charge in [0.2, 0.25) is 0 Å². The van der Waals surface area contributed by atoms with Gasteiger partial charge in [-0.05, 0) is 44.0 Å². The number of thioether (sulfide) groups is 1. The first kappa shape index (κ1) is 22.4. The molecule has 0 aliphatic carbocycles. The maximum Gasteiger partial charge on any atom is 0.337 e. The van der Waals surface area contributed by atoms with Gasteiger partial charge in [0, 0.05) is 17.9 Å². The van der Waals surface area contributed by atoms with E-state index in [-0.39, 0.29) is 11.7 Å². The van der Waals surface area contributed by atoms with Crippen LogP contribution in [0.1, 0.15) is 35.7 Å². The average molecular weight is 455 g/mol. The van der Waals surface area contributed by atoms with Crippen LogP contribution in [0.15, 0.2) is 52.4 Å². The summed E-state index contributed by atoms with van der Waals surface area (Å²) in [5.74, 6) is 0.956. The fourth-order valence-corrected chi connectivity index (χ4v) is 4.77. The lowest BCUT2D eigenvalue weighted by Gasteiger charge is -2.17. The van der Waals surface area contributed by atoms with Gasteiger partial charge in [-0.1, -0.05) is 30.0 Å². The fraction of sp³-hybridized carbons (Fsp3) is 0.375. The maximum absolute atomic E-state index is 13.4. The molecule has 1 aliphatic rings. The molecule has 1 aromatic heterocycles. The molecule has 7 nitrogen and oxygen atoms in total. The van der Waals surface area contributed by atoms with E-state index >= 15 is 0 Å². The Morgan fingerprint density at radius 2 is 2.12 bits per heavy atom. The average Bonchev–Trinajstić information content (AvgIpc) is 3.33. The minimum Gasteiger partial charge on any atom is -0.494 e. The van der Waals surface area contributed by atoms with Gasteiger partial charge in [-0.3, -0.25) is 9.36 Å². The highest BCUT2D eigenvalue weighted by Crippen LogP contribution is 2.28. The molecule has 0 amide bonds. The first-order valence-corrected chi connectivity index (χ1v) is 11.7. The Balaban J connectivity index is 1.73. The van der Waals surface area contributed by atoms with Gasteiger partial charge >= 0.3 is 5.97 Å². The predicted octanol–water partition coefficient (Wildman–Crippen LogP) is 4.05. The van der Waals surface area contributed by atoms with Crippen molar-refractivity contribution >= 4 is 28.6 Å². The number of hydrogen-bond acceptors (Lipinski definition) is 7. The van der Waals surface area contributed by atoms with E-state index in [1.165, 1.54) is 18.9 Å². The molecule has 1 aliphatic heterocycles. The molecule has 0 spiro atoms. The van der Waals surface area contributed by atoms with Crippen molar-refractivity contribution < 1.29 is 19.0 Å². The Labute approximate surface area is 190 Å². The van der Waals surface area contributed by atoms with Gasteiger partial charge in [0.25, 0.3) is 5.56 Å². The Hall–Kier alpha value is -2.84. The number of fused-ring (bicyclic) bond motifs is 1. The first-order valence-electron chi connectivity index (χ1n) is 10.7. The van der Waals surface area contributed by atoms with Gasteiger partial charge in [-0.15, -0.1) is 0 Å². The summed E-state index contributed by atoms with van der Waals surface area (Å²) in [6.07, 6.45) is 1.91. The van der Waals surface area contributed by atoms with Gasteiger partial charge in [0.05, 0.1) is 42.8 Å². The molecule has 4 rings (SSSR count). The Bertz CT molecular complexity index is 1170. The van der Waals surface area contributed by atoms with Crippen molar-refractivity contribution in [2.24, 2.45) is 0 Å². The Morgan fingerprint density at radius 1 is 1.28 bits per heavy atom. The first-order chi connectivity index (χ1) is 15.6. The van der Waals surface area contributed by atoms with Crippen LogP contribution in [0.3, 0.4) is 0 Å². The van der Waals surface area contributed by atoms with E-state index in [2.05, 4.69) is 0 Å². The number of hydrogen-bond donors (Lipinski definition) is 0. The number of methoxy groups -OCH3 is 1. The largest absolute Gasteiger partial charge is 0.494 e. The summed E-state index contributed by atoms with van der Waals surface area (Å²) in [6, 6.07) is 12.7. The predicted molar refractivity (Wildman–Crippen MR) is 123 cm³/mol. The Kier molecular flexibility index (Phi) is 7.12. The molecule has 1 fully saturated rings. The third-order valence-corrected chi connectivity index (χ3v) is 6.41. The van der Waals surface area contributed by atoms with Crippen molar-refractivity contribution in [2.75, 3.05) is 20.3 Å². The van der Waals surface area contributed by atoms with Gasteiger partial charge in [-0.2, -0.15) is 0 Å². The van der Waals surface area contributed by atoms with E-state index in [1.807, 2.05) is 31.2 Å². The van der Waals surface area contributed by atoms with Crippen molar-refractivity contribution in [1.29, 1.82) is 0 Å². The molecular weight excluding hydrogens is 428 g/mol. The second kappa shape index (κ2) is 10.2. The normalized spacial score (nSPS) is 15.8. The topological polar surface area (TPSA) is 79.7 Å². The molecule has 0 N–H and O–H groups in total. The molecule has 0 radical (unpaired) electrons. The zero-order chi connectivity index (χ0) is 22.5. The molecule has 8 heteroatoms. The number of esters is 1. The zero-order valence-corrected chi connectivity index (χ0v) is 19.0. The van der Waals surface area contributed by atoms with Crippen LogP contribution >= 0.6 is 11.8 Å². The standard InChI is InChI=1S/C24H26N2O5S/c1-3-30-21-9-5-4-7-17(21)15-32-24-25-20-13-16(23(28)29-2)10-11-19(20)22(27)26(24)14-18-8-6-12-31-18/h4-5,7,9-11,13,18H,3,6,8,12,14-15H2,1-2H3. The third kappa shape index (κ3) is 4.81. The van der Waals surface area contributed by atoms with Gasteiger partial charge in [0.1, 0.15) is 5.75 Å². The smallest absolute Gasteiger partial charge is 0.337 e. The van der Waals surface area contributed by atoms with E-state index < -0.39 is 5.97 Å². The second-order valence-electron chi connectivity index (χ2n) is 7.50. The van der Waals surface area contributed by atoms with Crippen LogP contribution in [0.5, 0.6) is 5.75 Å². The molecule has 2 heterocycles. The van der Waals surface area contributed by atoms with Gasteiger partial charge < -0.3 is 14.2 Å². The maximum atomic E-state index is 13.4. The van der Waals surface area contributed by atoms with Crippen LogP contribution in [0.4, 0.5) is 0 Å². The lowest BCUT2D eigenvalue weighted by Crippen LogP contribution is -2.29. The lowest BCUT2D eigenvalue weighted by molar-refractivity contribution is 0.0601. The molecule has 2 aromatic carbocycles. The number of para-hydroxylation sites is 1. The number of carbonyl (C=O) groups excluding carboxylic acids is 1. The van der Waals surface area contributed by atoms with Gasteiger partial charge in [-0.25, -0.2) is 9.78 Å². The van der Waals surface area contributed by atoms with Crippen LogP contribution < -0.4 is 10.3 Å². The molecule has 3 aromatic rings. The molecule has 0 saturated carbocycles. The summed E-state index contributed by atoms with van der Waals surface area (Å²) in [7, 11) is 1.33. The van der Waals surface area contributed by atoms with E-state index in [1.54, 1.807) is 22.8 Å². The van der Waals surface area contributed by atoms with Crippen molar-refractivity contribution in [3.05, 3.63) is 63.9 Å².